The highest BCUT2D eigenvalue weighted by molar-refractivity contribution is 5.73. The van der Waals surface area contributed by atoms with E-state index in [4.69, 9.17) is 5.11 Å². The van der Waals surface area contributed by atoms with E-state index in [0.717, 1.165) is 6.42 Å². The molecule has 2 amide bonds. The lowest BCUT2D eigenvalue weighted by molar-refractivity contribution is -0.137. The van der Waals surface area contributed by atoms with Crippen molar-refractivity contribution in [3.05, 3.63) is 0 Å². The smallest absolute Gasteiger partial charge is 0.317 e. The van der Waals surface area contributed by atoms with Crippen LogP contribution in [-0.2, 0) is 4.79 Å². The molecule has 0 heterocycles. The molecule has 0 unspecified atom stereocenters. The van der Waals surface area contributed by atoms with Gasteiger partial charge in [0.1, 0.15) is 0 Å². The molecule has 100 valence electrons. The fourth-order valence-electron chi connectivity index (χ4n) is 1.36. The zero-order valence-corrected chi connectivity index (χ0v) is 11.2. The average molecular weight is 244 g/mol. The van der Waals surface area contributed by atoms with Crippen LogP contribution in [0.3, 0.4) is 0 Å². The van der Waals surface area contributed by atoms with E-state index < -0.39 is 5.97 Å². The van der Waals surface area contributed by atoms with Gasteiger partial charge < -0.3 is 15.3 Å². The number of carbonyl (C=O) groups is 2. The number of urea groups is 1. The Bertz CT molecular complexity index is 264. The van der Waals surface area contributed by atoms with Crippen LogP contribution >= 0.6 is 0 Å². The van der Waals surface area contributed by atoms with E-state index in [1.54, 1.807) is 11.9 Å². The van der Waals surface area contributed by atoms with Gasteiger partial charge in [-0.3, -0.25) is 4.79 Å². The summed E-state index contributed by atoms with van der Waals surface area (Å²) in [7, 11) is 1.74. The molecular formula is C12H24N2O3. The van der Waals surface area contributed by atoms with Crippen molar-refractivity contribution in [1.82, 2.24) is 10.2 Å². The second kappa shape index (κ2) is 7.14. The first-order chi connectivity index (χ1) is 7.78. The molecule has 0 aliphatic heterocycles. The SMILES string of the molecule is CCN(C)C(=O)NCCC(C)(C)CCC(=O)O. The molecule has 0 saturated carbocycles. The quantitative estimate of drug-likeness (QED) is 0.719. The summed E-state index contributed by atoms with van der Waals surface area (Å²) in [4.78, 5) is 23.5. The molecule has 5 nitrogen and oxygen atoms in total. The molecule has 17 heavy (non-hydrogen) atoms. The highest BCUT2D eigenvalue weighted by Crippen LogP contribution is 2.25. The highest BCUT2D eigenvalue weighted by Gasteiger charge is 2.19. The zero-order valence-electron chi connectivity index (χ0n) is 11.2. The fourth-order valence-corrected chi connectivity index (χ4v) is 1.36. The summed E-state index contributed by atoms with van der Waals surface area (Å²) in [6.07, 6.45) is 1.58. The van der Waals surface area contributed by atoms with Crippen molar-refractivity contribution in [1.29, 1.82) is 0 Å². The number of rotatable bonds is 7. The van der Waals surface area contributed by atoms with Crippen LogP contribution in [0.1, 0.15) is 40.0 Å². The predicted molar refractivity (Wildman–Crippen MR) is 67.0 cm³/mol. The summed E-state index contributed by atoms with van der Waals surface area (Å²) in [5.41, 5.74) is -0.0591. The molecule has 0 aliphatic rings. The van der Waals surface area contributed by atoms with Gasteiger partial charge in [-0.05, 0) is 25.2 Å². The maximum atomic E-state index is 11.4. The molecule has 0 aromatic rings. The third kappa shape index (κ3) is 7.60. The summed E-state index contributed by atoms with van der Waals surface area (Å²) < 4.78 is 0. The lowest BCUT2D eigenvalue weighted by Gasteiger charge is -2.24. The number of carboxylic acids is 1. The second-order valence-corrected chi connectivity index (χ2v) is 5.05. The van der Waals surface area contributed by atoms with Crippen molar-refractivity contribution in [3.63, 3.8) is 0 Å². The second-order valence-electron chi connectivity index (χ2n) is 5.05. The number of nitrogens with one attached hydrogen (secondary N) is 1. The molecule has 0 aromatic carbocycles. The molecule has 5 heteroatoms. The lowest BCUT2D eigenvalue weighted by Crippen LogP contribution is -2.38. The van der Waals surface area contributed by atoms with Gasteiger partial charge in [-0.1, -0.05) is 13.8 Å². The van der Waals surface area contributed by atoms with Gasteiger partial charge in [0, 0.05) is 26.6 Å². The van der Waals surface area contributed by atoms with Crippen LogP contribution in [0.2, 0.25) is 0 Å². The fraction of sp³-hybridized carbons (Fsp3) is 0.833. The van der Waals surface area contributed by atoms with Crippen molar-refractivity contribution in [3.8, 4) is 0 Å². The normalized spacial score (nSPS) is 11.1. The number of carbonyl (C=O) groups excluding carboxylic acids is 1. The minimum Gasteiger partial charge on any atom is -0.481 e. The van der Waals surface area contributed by atoms with Crippen LogP contribution in [-0.4, -0.2) is 42.1 Å². The third-order valence-electron chi connectivity index (χ3n) is 2.91. The van der Waals surface area contributed by atoms with Crippen LogP contribution in [0, 0.1) is 5.41 Å². The van der Waals surface area contributed by atoms with Gasteiger partial charge in [-0.2, -0.15) is 0 Å². The van der Waals surface area contributed by atoms with Crippen molar-refractivity contribution >= 4 is 12.0 Å². The summed E-state index contributed by atoms with van der Waals surface area (Å²) in [5, 5.41) is 11.4. The number of aliphatic carboxylic acids is 1. The summed E-state index contributed by atoms with van der Waals surface area (Å²) in [6.45, 7) is 7.21. The Morgan fingerprint density at radius 3 is 2.35 bits per heavy atom. The van der Waals surface area contributed by atoms with Gasteiger partial charge >= 0.3 is 12.0 Å². The van der Waals surface area contributed by atoms with E-state index in [0.29, 0.717) is 19.5 Å². The van der Waals surface area contributed by atoms with Gasteiger partial charge in [0.15, 0.2) is 0 Å². The summed E-state index contributed by atoms with van der Waals surface area (Å²) in [6, 6.07) is -0.0819. The van der Waals surface area contributed by atoms with Crippen molar-refractivity contribution in [2.45, 2.75) is 40.0 Å². The minimum absolute atomic E-state index is 0.0591. The van der Waals surface area contributed by atoms with Crippen LogP contribution in [0.5, 0.6) is 0 Å². The van der Waals surface area contributed by atoms with Crippen molar-refractivity contribution < 1.29 is 14.7 Å². The van der Waals surface area contributed by atoms with Gasteiger partial charge in [-0.15, -0.1) is 0 Å². The van der Waals surface area contributed by atoms with E-state index in [-0.39, 0.29) is 17.9 Å². The zero-order chi connectivity index (χ0) is 13.5. The Morgan fingerprint density at radius 1 is 1.29 bits per heavy atom. The monoisotopic (exact) mass is 244 g/mol. The number of hydrogen-bond donors (Lipinski definition) is 2. The largest absolute Gasteiger partial charge is 0.481 e. The number of hydrogen-bond acceptors (Lipinski definition) is 2. The van der Waals surface area contributed by atoms with Crippen molar-refractivity contribution in [2.24, 2.45) is 5.41 Å². The Hall–Kier alpha value is -1.26. The lowest BCUT2D eigenvalue weighted by atomic mass is 9.84. The number of amides is 2. The Kier molecular flexibility index (Phi) is 6.61. The highest BCUT2D eigenvalue weighted by atomic mass is 16.4. The van der Waals surface area contributed by atoms with Crippen LogP contribution in [0.25, 0.3) is 0 Å². The molecule has 0 spiro atoms. The first kappa shape index (κ1) is 15.7. The number of carboxylic acid groups (broad SMARTS) is 1. The van der Waals surface area contributed by atoms with Gasteiger partial charge in [-0.25, -0.2) is 4.79 Å². The maximum Gasteiger partial charge on any atom is 0.317 e. The molecule has 0 aliphatic carbocycles. The molecule has 2 N–H and O–H groups in total. The van der Waals surface area contributed by atoms with E-state index >= 15 is 0 Å². The van der Waals surface area contributed by atoms with E-state index in [1.807, 2.05) is 20.8 Å². The molecule has 0 fully saturated rings. The van der Waals surface area contributed by atoms with E-state index in [1.165, 1.54) is 0 Å². The molecule has 0 rings (SSSR count). The maximum absolute atomic E-state index is 11.4. The topological polar surface area (TPSA) is 69.6 Å². The van der Waals surface area contributed by atoms with E-state index in [2.05, 4.69) is 5.32 Å². The summed E-state index contributed by atoms with van der Waals surface area (Å²) >= 11 is 0. The van der Waals surface area contributed by atoms with Gasteiger partial charge in [0.2, 0.25) is 0 Å². The molecular weight excluding hydrogens is 220 g/mol. The first-order valence-electron chi connectivity index (χ1n) is 5.99. The van der Waals surface area contributed by atoms with Gasteiger partial charge in [0.05, 0.1) is 0 Å². The van der Waals surface area contributed by atoms with Crippen molar-refractivity contribution in [2.75, 3.05) is 20.1 Å². The van der Waals surface area contributed by atoms with Crippen LogP contribution in [0.4, 0.5) is 4.79 Å². The predicted octanol–water partition coefficient (Wildman–Crippen LogP) is 1.93. The standard InChI is InChI=1S/C12H24N2O3/c1-5-14(4)11(17)13-9-8-12(2,3)7-6-10(15)16/h5-9H2,1-4H3,(H,13,17)(H,15,16). The summed E-state index contributed by atoms with van der Waals surface area (Å²) in [5.74, 6) is -0.771. The molecule has 0 bridgehead atoms. The molecule has 0 atom stereocenters. The van der Waals surface area contributed by atoms with Crippen LogP contribution < -0.4 is 5.32 Å². The van der Waals surface area contributed by atoms with Gasteiger partial charge in [0.25, 0.3) is 0 Å². The number of nitrogens with zero attached hydrogens (tertiary/aromatic N) is 1. The van der Waals surface area contributed by atoms with Crippen LogP contribution in [0.15, 0.2) is 0 Å². The Morgan fingerprint density at radius 2 is 1.88 bits per heavy atom. The minimum atomic E-state index is -0.771. The molecule has 0 radical (unpaired) electrons. The first-order valence-corrected chi connectivity index (χ1v) is 5.99. The average Bonchev–Trinajstić information content (AvgIpc) is 2.25. The third-order valence-corrected chi connectivity index (χ3v) is 2.91. The molecule has 0 aromatic heterocycles. The Labute approximate surface area is 103 Å². The Balaban J connectivity index is 3.86. The van der Waals surface area contributed by atoms with E-state index in [9.17, 15) is 9.59 Å². The molecule has 0 saturated heterocycles.